The fraction of sp³-hybridized carbons (Fsp3) is 0.500. The minimum atomic E-state index is -0.372. The molecule has 2 aliphatic rings. The molecule has 2 heterocycles. The highest BCUT2D eigenvalue weighted by molar-refractivity contribution is 5.69. The van der Waals surface area contributed by atoms with Crippen LogP contribution in [0.1, 0.15) is 19.3 Å². The first-order valence-electron chi connectivity index (χ1n) is 5.94. The number of hydrogen-bond acceptors (Lipinski definition) is 4. The quantitative estimate of drug-likeness (QED) is 0.553. The Kier molecular flexibility index (Phi) is 2.39. The summed E-state index contributed by atoms with van der Waals surface area (Å²) in [6.07, 6.45) is 3.48. The van der Waals surface area contributed by atoms with E-state index in [-0.39, 0.29) is 10.6 Å². The van der Waals surface area contributed by atoms with Crippen molar-refractivity contribution in [1.29, 1.82) is 0 Å². The monoisotopic (exact) mass is 234 g/mol. The highest BCUT2D eigenvalue weighted by Gasteiger charge is 2.33. The van der Waals surface area contributed by atoms with E-state index >= 15 is 0 Å². The second-order valence-electron chi connectivity index (χ2n) is 4.54. The van der Waals surface area contributed by atoms with Gasteiger partial charge in [0.25, 0.3) is 0 Å². The van der Waals surface area contributed by atoms with Crippen molar-refractivity contribution in [2.45, 2.75) is 25.3 Å². The Labute approximate surface area is 99.1 Å². The van der Waals surface area contributed by atoms with E-state index in [1.54, 1.807) is 6.07 Å². The molecule has 2 aliphatic heterocycles. The topological polar surface area (TPSA) is 55.6 Å². The van der Waals surface area contributed by atoms with E-state index < -0.39 is 0 Å². The average molecular weight is 234 g/mol. The van der Waals surface area contributed by atoms with E-state index in [1.807, 2.05) is 6.07 Å². The molecule has 0 radical (unpaired) electrons. The van der Waals surface area contributed by atoms with Gasteiger partial charge in [0.15, 0.2) is 0 Å². The number of para-hydroxylation sites is 1. The van der Waals surface area contributed by atoms with Gasteiger partial charge in [-0.25, -0.2) is 0 Å². The molecule has 0 amide bonds. The molecule has 0 spiro atoms. The molecule has 0 aliphatic carbocycles. The normalized spacial score (nSPS) is 22.4. The Hall–Kier alpha value is -1.78. The van der Waals surface area contributed by atoms with Crippen LogP contribution in [0.25, 0.3) is 0 Å². The van der Waals surface area contributed by atoms with Crippen molar-refractivity contribution < 1.29 is 9.66 Å². The van der Waals surface area contributed by atoms with Crippen molar-refractivity contribution in [3.05, 3.63) is 28.3 Å². The van der Waals surface area contributed by atoms with Gasteiger partial charge in [-0.2, -0.15) is 0 Å². The number of piperidine rings is 1. The minimum absolute atomic E-state index is 0.0755. The number of fused-ring (bicyclic) bond motifs is 3. The summed E-state index contributed by atoms with van der Waals surface area (Å²) in [6, 6.07) is 5.54. The van der Waals surface area contributed by atoms with E-state index in [4.69, 9.17) is 4.74 Å². The van der Waals surface area contributed by atoms with Crippen LogP contribution in [-0.4, -0.2) is 24.1 Å². The zero-order valence-corrected chi connectivity index (χ0v) is 9.46. The minimum Gasteiger partial charge on any atom is -0.483 e. The summed E-state index contributed by atoms with van der Waals surface area (Å²) in [6.45, 7) is 1.54. The van der Waals surface area contributed by atoms with Crippen LogP contribution in [0.4, 0.5) is 11.4 Å². The summed E-state index contributed by atoms with van der Waals surface area (Å²) < 4.78 is 5.60. The summed E-state index contributed by atoms with van der Waals surface area (Å²) >= 11 is 0. The molecule has 1 aromatic rings. The largest absolute Gasteiger partial charge is 0.483 e. The van der Waals surface area contributed by atoms with Crippen LogP contribution in [0.2, 0.25) is 0 Å². The molecule has 0 unspecified atom stereocenters. The van der Waals surface area contributed by atoms with Crippen LogP contribution in [0.3, 0.4) is 0 Å². The Morgan fingerprint density at radius 2 is 2.29 bits per heavy atom. The number of nitro benzene ring substituents is 1. The highest BCUT2D eigenvalue weighted by atomic mass is 16.6. The Bertz CT molecular complexity index is 461. The number of nitrogens with zero attached hydrogens (tertiary/aromatic N) is 2. The number of hydrogen-bond donors (Lipinski definition) is 0. The lowest BCUT2D eigenvalue weighted by atomic mass is 10.00. The van der Waals surface area contributed by atoms with Crippen molar-refractivity contribution in [2.75, 3.05) is 18.1 Å². The molecular formula is C12H14N2O3. The third-order valence-corrected chi connectivity index (χ3v) is 3.53. The maximum Gasteiger partial charge on any atom is 0.313 e. The Morgan fingerprint density at radius 1 is 1.41 bits per heavy atom. The van der Waals surface area contributed by atoms with Crippen molar-refractivity contribution in [1.82, 2.24) is 0 Å². The third kappa shape index (κ3) is 1.62. The van der Waals surface area contributed by atoms with Crippen molar-refractivity contribution in [3.63, 3.8) is 0 Å². The molecule has 17 heavy (non-hydrogen) atoms. The lowest BCUT2D eigenvalue weighted by molar-refractivity contribution is -0.385. The molecule has 5 heteroatoms. The maximum atomic E-state index is 10.9. The lowest BCUT2D eigenvalue weighted by Gasteiger charge is -2.41. The number of benzene rings is 1. The van der Waals surface area contributed by atoms with Gasteiger partial charge in [-0.05, 0) is 25.3 Å². The van der Waals surface area contributed by atoms with Gasteiger partial charge in [-0.1, -0.05) is 6.07 Å². The van der Waals surface area contributed by atoms with Crippen LogP contribution < -0.4 is 9.64 Å². The van der Waals surface area contributed by atoms with Gasteiger partial charge < -0.3 is 9.64 Å². The van der Waals surface area contributed by atoms with E-state index in [9.17, 15) is 10.1 Å². The van der Waals surface area contributed by atoms with E-state index in [0.717, 1.165) is 25.1 Å². The van der Waals surface area contributed by atoms with E-state index in [0.29, 0.717) is 18.4 Å². The molecule has 1 atom stereocenters. The van der Waals surface area contributed by atoms with Crippen LogP contribution >= 0.6 is 0 Å². The molecule has 0 N–H and O–H groups in total. The van der Waals surface area contributed by atoms with Crippen LogP contribution in [0.15, 0.2) is 18.2 Å². The highest BCUT2D eigenvalue weighted by Crippen LogP contribution is 2.42. The Morgan fingerprint density at radius 3 is 3.12 bits per heavy atom. The average Bonchev–Trinajstić information content (AvgIpc) is 2.37. The zero-order valence-electron chi connectivity index (χ0n) is 9.46. The zero-order chi connectivity index (χ0) is 11.8. The summed E-state index contributed by atoms with van der Waals surface area (Å²) in [5.74, 6) is 0.440. The first-order valence-corrected chi connectivity index (χ1v) is 5.94. The van der Waals surface area contributed by atoms with Crippen LogP contribution in [-0.2, 0) is 0 Å². The second-order valence-corrected chi connectivity index (χ2v) is 4.54. The third-order valence-electron chi connectivity index (χ3n) is 3.53. The molecular weight excluding hydrogens is 220 g/mol. The first kappa shape index (κ1) is 10.4. The van der Waals surface area contributed by atoms with Gasteiger partial charge in [0.1, 0.15) is 6.61 Å². The maximum absolute atomic E-state index is 10.9. The summed E-state index contributed by atoms with van der Waals surface area (Å²) in [7, 11) is 0. The first-order chi connectivity index (χ1) is 8.27. The predicted octanol–water partition coefficient (Wildman–Crippen LogP) is 2.35. The summed E-state index contributed by atoms with van der Waals surface area (Å²) in [5, 5.41) is 10.9. The van der Waals surface area contributed by atoms with Gasteiger partial charge in [0, 0.05) is 12.6 Å². The van der Waals surface area contributed by atoms with Gasteiger partial charge in [-0.3, -0.25) is 10.1 Å². The standard InChI is InChI=1S/C12H14N2O3/c15-14(16)11-6-3-5-10-12(11)17-8-9-4-1-2-7-13(9)10/h3,5-6,9H,1-2,4,7-8H2/t9-/m0/s1. The van der Waals surface area contributed by atoms with Crippen molar-refractivity contribution in [2.24, 2.45) is 0 Å². The summed E-state index contributed by atoms with van der Waals surface area (Å²) in [4.78, 5) is 12.8. The fourth-order valence-corrected chi connectivity index (χ4v) is 2.70. The molecule has 0 bridgehead atoms. The van der Waals surface area contributed by atoms with Gasteiger partial charge >= 0.3 is 5.69 Å². The van der Waals surface area contributed by atoms with Crippen LogP contribution in [0.5, 0.6) is 5.75 Å². The smallest absolute Gasteiger partial charge is 0.313 e. The number of nitro groups is 1. The molecule has 0 aromatic heterocycles. The number of anilines is 1. The van der Waals surface area contributed by atoms with Gasteiger partial charge in [-0.15, -0.1) is 0 Å². The Balaban J connectivity index is 2.05. The molecule has 90 valence electrons. The molecule has 1 fully saturated rings. The summed E-state index contributed by atoms with van der Waals surface area (Å²) in [5.41, 5.74) is 0.960. The fourth-order valence-electron chi connectivity index (χ4n) is 2.70. The second kappa shape index (κ2) is 3.91. The molecule has 0 saturated carbocycles. The lowest BCUT2D eigenvalue weighted by Crippen LogP contribution is -2.46. The van der Waals surface area contributed by atoms with Crippen LogP contribution in [0, 0.1) is 10.1 Å². The number of rotatable bonds is 1. The SMILES string of the molecule is O=[N+]([O-])c1cccc2c1OC[C@@H]1CCCCN21. The molecule has 5 nitrogen and oxygen atoms in total. The number of ether oxygens (including phenoxy) is 1. The van der Waals surface area contributed by atoms with Gasteiger partial charge in [0.2, 0.25) is 5.75 Å². The molecule has 1 aromatic carbocycles. The predicted molar refractivity (Wildman–Crippen MR) is 63.6 cm³/mol. The molecule has 1 saturated heterocycles. The van der Waals surface area contributed by atoms with E-state index in [2.05, 4.69) is 4.90 Å². The molecule has 3 rings (SSSR count). The van der Waals surface area contributed by atoms with E-state index in [1.165, 1.54) is 12.5 Å². The van der Waals surface area contributed by atoms with Gasteiger partial charge in [0.05, 0.1) is 16.7 Å². The van der Waals surface area contributed by atoms with Crippen molar-refractivity contribution in [3.8, 4) is 5.75 Å². The van der Waals surface area contributed by atoms with Crippen molar-refractivity contribution >= 4 is 11.4 Å².